The molecule has 0 N–H and O–H groups in total. The van der Waals surface area contributed by atoms with Crippen LogP contribution in [0.15, 0.2) is 64.4 Å². The zero-order valence-corrected chi connectivity index (χ0v) is 18.0. The Bertz CT molecular complexity index is 1290. The van der Waals surface area contributed by atoms with Gasteiger partial charge < -0.3 is 9.32 Å². The van der Waals surface area contributed by atoms with E-state index < -0.39 is 0 Å². The zero-order chi connectivity index (χ0) is 22.6. The Balaban J connectivity index is 1.10. The lowest BCUT2D eigenvalue weighted by atomic mass is 10.1. The lowest BCUT2D eigenvalue weighted by Gasteiger charge is -2.34. The van der Waals surface area contributed by atoms with Crippen molar-refractivity contribution in [3.63, 3.8) is 0 Å². The molecule has 1 aliphatic rings. The molecule has 5 rings (SSSR count). The van der Waals surface area contributed by atoms with Crippen LogP contribution in [0.25, 0.3) is 16.5 Å². The molecular weight excluding hydrogens is 422 g/mol. The van der Waals surface area contributed by atoms with Gasteiger partial charge in [-0.2, -0.15) is 4.68 Å². The minimum absolute atomic E-state index is 0.0886. The number of rotatable bonds is 6. The Morgan fingerprint density at radius 3 is 2.70 bits per heavy atom. The third-order valence-corrected chi connectivity index (χ3v) is 5.96. The second kappa shape index (κ2) is 9.29. The Kier molecular flexibility index (Phi) is 5.90. The van der Waals surface area contributed by atoms with Gasteiger partial charge in [0.25, 0.3) is 0 Å². The molecule has 0 atom stereocenters. The summed E-state index contributed by atoms with van der Waals surface area (Å²) in [6.07, 6.45) is 5.77. The number of fused-ring (bicyclic) bond motifs is 1. The molecule has 1 amide bonds. The summed E-state index contributed by atoms with van der Waals surface area (Å²) >= 11 is 0. The van der Waals surface area contributed by atoms with E-state index in [4.69, 9.17) is 4.42 Å². The number of nitrogens with zero attached hydrogens (tertiary/aromatic N) is 7. The molecule has 10 nitrogen and oxygen atoms in total. The zero-order valence-electron chi connectivity index (χ0n) is 18.0. The summed E-state index contributed by atoms with van der Waals surface area (Å²) in [6.45, 7) is 4.01. The van der Waals surface area contributed by atoms with Crippen LogP contribution in [0.3, 0.4) is 0 Å². The maximum atomic E-state index is 12.7. The van der Waals surface area contributed by atoms with Crippen molar-refractivity contribution in [1.82, 2.24) is 35.0 Å². The van der Waals surface area contributed by atoms with Gasteiger partial charge in [-0.15, -0.1) is 5.10 Å². The topological polar surface area (TPSA) is 110 Å². The summed E-state index contributed by atoms with van der Waals surface area (Å²) in [5, 5.41) is 12.5. The molecule has 3 aromatic heterocycles. The molecule has 33 heavy (non-hydrogen) atoms. The van der Waals surface area contributed by atoms with Crippen LogP contribution in [0.4, 0.5) is 0 Å². The number of piperazine rings is 1. The van der Waals surface area contributed by atoms with Gasteiger partial charge in [0.2, 0.25) is 5.91 Å². The van der Waals surface area contributed by atoms with Gasteiger partial charge in [0.05, 0.1) is 30.0 Å². The Morgan fingerprint density at radius 1 is 1.06 bits per heavy atom. The lowest BCUT2D eigenvalue weighted by Crippen LogP contribution is -2.49. The number of pyridine rings is 1. The summed E-state index contributed by atoms with van der Waals surface area (Å²) in [5.74, 6) is 0.0886. The van der Waals surface area contributed by atoms with Crippen molar-refractivity contribution in [3.8, 4) is 5.69 Å². The fourth-order valence-electron chi connectivity index (χ4n) is 4.04. The fraction of sp³-hybridized carbons (Fsp3) is 0.304. The predicted molar refractivity (Wildman–Crippen MR) is 120 cm³/mol. The summed E-state index contributed by atoms with van der Waals surface area (Å²) in [6, 6.07) is 11.4. The van der Waals surface area contributed by atoms with Crippen LogP contribution in [0.2, 0.25) is 0 Å². The van der Waals surface area contributed by atoms with E-state index in [1.807, 2.05) is 41.3 Å². The van der Waals surface area contributed by atoms with Crippen LogP contribution in [0.1, 0.15) is 11.3 Å². The molecule has 10 heteroatoms. The summed E-state index contributed by atoms with van der Waals surface area (Å²) in [4.78, 5) is 33.1. The monoisotopic (exact) mass is 445 g/mol. The average molecular weight is 445 g/mol. The van der Waals surface area contributed by atoms with E-state index in [-0.39, 0.29) is 18.0 Å². The molecule has 1 saturated heterocycles. The number of amides is 1. The van der Waals surface area contributed by atoms with Crippen LogP contribution in [0, 0.1) is 0 Å². The van der Waals surface area contributed by atoms with E-state index in [9.17, 15) is 9.59 Å². The van der Waals surface area contributed by atoms with Crippen molar-refractivity contribution >= 4 is 16.7 Å². The van der Waals surface area contributed by atoms with Crippen molar-refractivity contribution in [1.29, 1.82) is 0 Å². The standard InChI is InChI=1S/C23H23N7O3/c31-22(14-19-2-3-20(15-24-19)30-16-25-26-27-30)29-10-8-28(9-11-29)7-5-17-1-4-21-18(13-17)6-12-33-23(21)32/h1-4,6,12-13,15-16H,5,7-11,14H2. The Hall–Kier alpha value is -3.92. The maximum Gasteiger partial charge on any atom is 0.343 e. The molecule has 0 spiro atoms. The molecule has 1 aromatic carbocycles. The van der Waals surface area contributed by atoms with Gasteiger partial charge in [-0.05, 0) is 52.1 Å². The van der Waals surface area contributed by atoms with Crippen LogP contribution >= 0.6 is 0 Å². The Labute approximate surface area is 189 Å². The molecule has 1 fully saturated rings. The Morgan fingerprint density at radius 2 is 1.94 bits per heavy atom. The lowest BCUT2D eigenvalue weighted by molar-refractivity contribution is -0.132. The highest BCUT2D eigenvalue weighted by molar-refractivity contribution is 5.81. The smallest absolute Gasteiger partial charge is 0.343 e. The highest BCUT2D eigenvalue weighted by atomic mass is 16.4. The first-order valence-electron chi connectivity index (χ1n) is 10.8. The van der Waals surface area contributed by atoms with Crippen LogP contribution in [0.5, 0.6) is 0 Å². The third kappa shape index (κ3) is 4.80. The molecule has 4 aromatic rings. The van der Waals surface area contributed by atoms with Gasteiger partial charge in [0.15, 0.2) is 0 Å². The predicted octanol–water partition coefficient (Wildman–Crippen LogP) is 1.09. The summed E-state index contributed by atoms with van der Waals surface area (Å²) < 4.78 is 6.44. The third-order valence-electron chi connectivity index (χ3n) is 5.96. The number of aromatic nitrogens is 5. The van der Waals surface area contributed by atoms with E-state index in [0.717, 1.165) is 42.8 Å². The maximum absolute atomic E-state index is 12.7. The molecule has 1 aliphatic heterocycles. The molecule has 0 bridgehead atoms. The molecule has 0 unspecified atom stereocenters. The normalized spacial score (nSPS) is 14.6. The van der Waals surface area contributed by atoms with Crippen molar-refractivity contribution in [3.05, 3.63) is 76.9 Å². The van der Waals surface area contributed by atoms with Gasteiger partial charge in [0, 0.05) is 38.4 Å². The first-order chi connectivity index (χ1) is 16.2. The molecule has 4 heterocycles. The number of carbonyl (C=O) groups excluding carboxylic acids is 1. The number of tetrazole rings is 1. The molecule has 0 radical (unpaired) electrons. The SMILES string of the molecule is O=C(Cc1ccc(-n2cnnn2)cn1)N1CCN(CCc2ccc3c(=O)occc3c2)CC1. The van der Waals surface area contributed by atoms with E-state index in [0.29, 0.717) is 18.5 Å². The molecule has 0 aliphatic carbocycles. The van der Waals surface area contributed by atoms with Crippen LogP contribution < -0.4 is 5.63 Å². The van der Waals surface area contributed by atoms with E-state index >= 15 is 0 Å². The van der Waals surface area contributed by atoms with Crippen molar-refractivity contribution in [2.45, 2.75) is 12.8 Å². The highest BCUT2D eigenvalue weighted by Crippen LogP contribution is 2.14. The van der Waals surface area contributed by atoms with Gasteiger partial charge >= 0.3 is 5.63 Å². The van der Waals surface area contributed by atoms with Gasteiger partial charge in [-0.1, -0.05) is 12.1 Å². The first-order valence-corrected chi connectivity index (χ1v) is 10.8. The molecular formula is C23H23N7O3. The van der Waals surface area contributed by atoms with E-state index in [1.54, 1.807) is 6.20 Å². The number of hydrogen-bond donors (Lipinski definition) is 0. The minimum atomic E-state index is -0.307. The van der Waals surface area contributed by atoms with Gasteiger partial charge in [-0.25, -0.2) is 4.79 Å². The minimum Gasteiger partial charge on any atom is -0.431 e. The number of benzene rings is 1. The number of hydrogen-bond acceptors (Lipinski definition) is 8. The summed E-state index contributed by atoms with van der Waals surface area (Å²) in [5.41, 5.74) is 2.35. The molecule has 168 valence electrons. The van der Waals surface area contributed by atoms with Crippen molar-refractivity contribution in [2.75, 3.05) is 32.7 Å². The van der Waals surface area contributed by atoms with E-state index in [2.05, 4.69) is 25.4 Å². The van der Waals surface area contributed by atoms with Gasteiger partial charge in [0.1, 0.15) is 6.33 Å². The number of carbonyl (C=O) groups is 1. The highest BCUT2D eigenvalue weighted by Gasteiger charge is 2.21. The van der Waals surface area contributed by atoms with Crippen LogP contribution in [-0.4, -0.2) is 73.6 Å². The summed E-state index contributed by atoms with van der Waals surface area (Å²) in [7, 11) is 0. The van der Waals surface area contributed by atoms with E-state index in [1.165, 1.54) is 22.8 Å². The van der Waals surface area contributed by atoms with Crippen LogP contribution in [-0.2, 0) is 17.6 Å². The second-order valence-corrected chi connectivity index (χ2v) is 8.04. The first kappa shape index (κ1) is 21.0. The van der Waals surface area contributed by atoms with Crippen molar-refractivity contribution in [2.24, 2.45) is 0 Å². The quantitative estimate of drug-likeness (QED) is 0.434. The van der Waals surface area contributed by atoms with Crippen molar-refractivity contribution < 1.29 is 9.21 Å². The fourth-order valence-corrected chi connectivity index (χ4v) is 4.04. The average Bonchev–Trinajstić information content (AvgIpc) is 3.39. The second-order valence-electron chi connectivity index (χ2n) is 8.04. The molecule has 0 saturated carbocycles. The van der Waals surface area contributed by atoms with Gasteiger partial charge in [-0.3, -0.25) is 14.7 Å². The largest absolute Gasteiger partial charge is 0.431 e.